The normalized spacial score (nSPS) is 19.6. The van der Waals surface area contributed by atoms with Crippen molar-refractivity contribution in [2.75, 3.05) is 0 Å². The van der Waals surface area contributed by atoms with E-state index >= 15 is 0 Å². The first-order valence-corrected chi connectivity index (χ1v) is 4.89. The first kappa shape index (κ1) is 12.5. The Morgan fingerprint density at radius 1 is 1.22 bits per heavy atom. The van der Waals surface area contributed by atoms with Gasteiger partial charge in [0.15, 0.2) is 0 Å². The highest BCUT2D eigenvalue weighted by Gasteiger charge is 2.59. The molecule has 5 N–H and O–H groups in total. The predicted octanol–water partition coefficient (Wildman–Crippen LogP) is -1.05. The molecule has 1 aliphatic heterocycles. The second-order valence-electron chi connectivity index (χ2n) is 3.77. The zero-order valence-electron chi connectivity index (χ0n) is 8.94. The summed E-state index contributed by atoms with van der Waals surface area (Å²) >= 11 is 0. The molecule has 0 aromatic heterocycles. The first-order valence-electron chi connectivity index (χ1n) is 4.89. The van der Waals surface area contributed by atoms with E-state index in [4.69, 9.17) is 5.11 Å². The summed E-state index contributed by atoms with van der Waals surface area (Å²) in [5.41, 5.74) is -0.225. The average molecular weight is 254 g/mol. The minimum absolute atomic E-state index is 0.0878. The average Bonchev–Trinajstić information content (AvgIpc) is 2.43. The van der Waals surface area contributed by atoms with Crippen LogP contribution in [-0.4, -0.2) is 37.5 Å². The van der Waals surface area contributed by atoms with Crippen LogP contribution in [0.2, 0.25) is 0 Å². The molecule has 1 heterocycles. The number of fused-ring (bicyclic) bond motifs is 1. The van der Waals surface area contributed by atoms with E-state index in [-0.39, 0.29) is 16.9 Å². The van der Waals surface area contributed by atoms with Gasteiger partial charge in [0.2, 0.25) is 0 Å². The van der Waals surface area contributed by atoms with Crippen molar-refractivity contribution in [2.45, 2.75) is 11.8 Å². The number of ether oxygens (including phenoxy) is 1. The molecule has 0 fully saturated rings. The van der Waals surface area contributed by atoms with Crippen LogP contribution >= 0.6 is 0 Å². The number of aliphatic carboxylic acids is 1. The topological polar surface area (TPSA) is 127 Å². The molecule has 2 rings (SSSR count). The van der Waals surface area contributed by atoms with E-state index in [0.717, 1.165) is 12.2 Å². The molecule has 0 aliphatic carbocycles. The predicted molar refractivity (Wildman–Crippen MR) is 57.0 cm³/mol. The Bertz CT molecular complexity index is 530. The minimum Gasteiger partial charge on any atom is -0.478 e. The summed E-state index contributed by atoms with van der Waals surface area (Å²) in [4.78, 5) is 10.4. The molecule has 7 nitrogen and oxygen atoms in total. The Labute approximate surface area is 101 Å². The lowest BCUT2D eigenvalue weighted by Crippen LogP contribution is -2.51. The Balaban J connectivity index is 2.57. The van der Waals surface area contributed by atoms with Crippen LogP contribution in [0.25, 0.3) is 6.08 Å². The molecule has 7 heteroatoms. The maximum Gasteiger partial charge on any atom is 0.384 e. The van der Waals surface area contributed by atoms with Gasteiger partial charge in [0.05, 0.1) is 5.56 Å². The number of carbonyl (C=O) groups is 1. The van der Waals surface area contributed by atoms with Crippen molar-refractivity contribution in [3.05, 3.63) is 35.4 Å². The van der Waals surface area contributed by atoms with Gasteiger partial charge in [-0.15, -0.1) is 0 Å². The summed E-state index contributed by atoms with van der Waals surface area (Å²) in [6.45, 7) is 0. The van der Waals surface area contributed by atoms with Gasteiger partial charge < -0.3 is 30.3 Å². The van der Waals surface area contributed by atoms with Crippen LogP contribution in [0.3, 0.4) is 0 Å². The molecule has 0 saturated carbocycles. The zero-order valence-corrected chi connectivity index (χ0v) is 8.94. The lowest BCUT2D eigenvalue weighted by molar-refractivity contribution is -0.426. The van der Waals surface area contributed by atoms with E-state index in [2.05, 4.69) is 4.74 Å². The van der Waals surface area contributed by atoms with Gasteiger partial charge in [0.25, 0.3) is 5.79 Å². The molecule has 1 aromatic rings. The zero-order chi connectivity index (χ0) is 13.6. The molecule has 18 heavy (non-hydrogen) atoms. The highest BCUT2D eigenvalue weighted by atomic mass is 16.8. The van der Waals surface area contributed by atoms with Gasteiger partial charge in [0, 0.05) is 6.08 Å². The van der Waals surface area contributed by atoms with Crippen LogP contribution in [0.5, 0.6) is 5.75 Å². The number of aliphatic hydroxyl groups is 4. The monoisotopic (exact) mass is 254 g/mol. The van der Waals surface area contributed by atoms with E-state index in [9.17, 15) is 25.2 Å². The maximum absolute atomic E-state index is 10.4. The Kier molecular flexibility index (Phi) is 2.63. The summed E-state index contributed by atoms with van der Waals surface area (Å²) in [5, 5.41) is 46.5. The molecular formula is C11H10O7. The van der Waals surface area contributed by atoms with Crippen LogP contribution in [0.1, 0.15) is 11.1 Å². The standard InChI is InChI=1S/C11H10O7/c12-8(13)5-4-6-2-1-3-7-9(6)10(14,15)11(16,17)18-7/h1-5,14-17H,(H,12,13)/b5-4+. The molecule has 0 amide bonds. The largest absolute Gasteiger partial charge is 0.478 e. The molecule has 0 radical (unpaired) electrons. The quantitative estimate of drug-likeness (QED) is 0.336. The van der Waals surface area contributed by atoms with Gasteiger partial charge >= 0.3 is 11.9 Å². The van der Waals surface area contributed by atoms with Crippen LogP contribution < -0.4 is 4.74 Å². The third kappa shape index (κ3) is 1.75. The van der Waals surface area contributed by atoms with Crippen molar-refractivity contribution in [3.8, 4) is 5.75 Å². The summed E-state index contributed by atoms with van der Waals surface area (Å²) in [5.74, 6) is -7.63. The van der Waals surface area contributed by atoms with Gasteiger partial charge in [-0.2, -0.15) is 0 Å². The van der Waals surface area contributed by atoms with Crippen molar-refractivity contribution in [1.82, 2.24) is 0 Å². The highest BCUT2D eigenvalue weighted by molar-refractivity contribution is 5.86. The van der Waals surface area contributed by atoms with Crippen molar-refractivity contribution in [3.63, 3.8) is 0 Å². The first-order chi connectivity index (χ1) is 8.25. The van der Waals surface area contributed by atoms with Gasteiger partial charge in [0.1, 0.15) is 5.75 Å². The lowest BCUT2D eigenvalue weighted by atomic mass is 9.98. The summed E-state index contributed by atoms with van der Waals surface area (Å²) in [6, 6.07) is 4.12. The molecule has 0 spiro atoms. The van der Waals surface area contributed by atoms with E-state index in [1.807, 2.05) is 0 Å². The van der Waals surface area contributed by atoms with E-state index < -0.39 is 17.7 Å². The van der Waals surface area contributed by atoms with Crippen LogP contribution in [0.15, 0.2) is 24.3 Å². The number of carboxylic acids is 1. The molecule has 1 aliphatic rings. The fourth-order valence-electron chi connectivity index (χ4n) is 1.69. The molecule has 1 aromatic carbocycles. The molecule has 0 saturated heterocycles. The Morgan fingerprint density at radius 2 is 1.89 bits per heavy atom. The van der Waals surface area contributed by atoms with Gasteiger partial charge in [-0.25, -0.2) is 4.79 Å². The molecular weight excluding hydrogens is 244 g/mol. The molecule has 96 valence electrons. The molecule has 0 bridgehead atoms. The number of hydrogen-bond donors (Lipinski definition) is 5. The van der Waals surface area contributed by atoms with Crippen LogP contribution in [-0.2, 0) is 10.6 Å². The third-order valence-corrected chi connectivity index (χ3v) is 2.52. The highest BCUT2D eigenvalue weighted by Crippen LogP contribution is 2.45. The maximum atomic E-state index is 10.4. The molecule has 0 unspecified atom stereocenters. The summed E-state index contributed by atoms with van der Waals surface area (Å²) in [6.07, 6.45) is 1.87. The van der Waals surface area contributed by atoms with E-state index in [1.165, 1.54) is 18.2 Å². The number of carboxylic acid groups (broad SMARTS) is 1. The molecule has 0 atom stereocenters. The minimum atomic E-state index is -3.19. The summed E-state index contributed by atoms with van der Waals surface area (Å²) in [7, 11) is 0. The van der Waals surface area contributed by atoms with Crippen molar-refractivity contribution < 1.29 is 35.1 Å². The number of benzene rings is 1. The fraction of sp³-hybridized carbons (Fsp3) is 0.182. The van der Waals surface area contributed by atoms with Crippen molar-refractivity contribution in [1.29, 1.82) is 0 Å². The fourth-order valence-corrected chi connectivity index (χ4v) is 1.69. The third-order valence-electron chi connectivity index (χ3n) is 2.52. The van der Waals surface area contributed by atoms with Crippen LogP contribution in [0.4, 0.5) is 0 Å². The second-order valence-corrected chi connectivity index (χ2v) is 3.77. The Hall–Kier alpha value is -1.93. The number of rotatable bonds is 2. The van der Waals surface area contributed by atoms with Gasteiger partial charge in [-0.1, -0.05) is 12.1 Å². The summed E-state index contributed by atoms with van der Waals surface area (Å²) < 4.78 is 4.59. The van der Waals surface area contributed by atoms with Gasteiger partial charge in [-0.05, 0) is 17.7 Å². The Morgan fingerprint density at radius 3 is 2.50 bits per heavy atom. The second kappa shape index (κ2) is 3.79. The number of hydrogen-bond acceptors (Lipinski definition) is 6. The lowest BCUT2D eigenvalue weighted by Gasteiger charge is -2.26. The van der Waals surface area contributed by atoms with Crippen LogP contribution in [0, 0.1) is 0 Å². The smallest absolute Gasteiger partial charge is 0.384 e. The SMILES string of the molecule is O=C(O)/C=C/c1cccc2c1C(O)(O)C(O)(O)O2. The van der Waals surface area contributed by atoms with Gasteiger partial charge in [-0.3, -0.25) is 0 Å². The van der Waals surface area contributed by atoms with E-state index in [0.29, 0.717) is 0 Å². The van der Waals surface area contributed by atoms with E-state index in [1.54, 1.807) is 0 Å². The van der Waals surface area contributed by atoms with Crippen molar-refractivity contribution in [2.24, 2.45) is 0 Å². The van der Waals surface area contributed by atoms with Crippen molar-refractivity contribution >= 4 is 12.0 Å².